The Hall–Kier alpha value is -2.89. The van der Waals surface area contributed by atoms with E-state index in [1.54, 1.807) is 31.3 Å². The Kier molecular flexibility index (Phi) is 4.20. The number of pyridine rings is 1. The number of ether oxygens (including phenoxy) is 1. The van der Waals surface area contributed by atoms with Crippen molar-refractivity contribution in [2.45, 2.75) is 38.8 Å². The molecule has 0 fully saturated rings. The van der Waals surface area contributed by atoms with Crippen LogP contribution in [-0.4, -0.2) is 28.4 Å². The molecule has 2 amide bonds. The van der Waals surface area contributed by atoms with Gasteiger partial charge in [0, 0.05) is 29.8 Å². The van der Waals surface area contributed by atoms with Gasteiger partial charge in [-0.05, 0) is 50.1 Å². The summed E-state index contributed by atoms with van der Waals surface area (Å²) >= 11 is 0. The third-order valence-corrected chi connectivity index (χ3v) is 4.21. The summed E-state index contributed by atoms with van der Waals surface area (Å²) in [6, 6.07) is 8.96. The SMILES string of the molecule is CC(C)NC(=O)C1(C)Cc2c(-c3cccc(C(N)=O)c3)ccnc2O1. The van der Waals surface area contributed by atoms with Crippen LogP contribution in [0.25, 0.3) is 11.1 Å². The van der Waals surface area contributed by atoms with Gasteiger partial charge in [-0.1, -0.05) is 12.1 Å². The number of fused-ring (bicyclic) bond motifs is 1. The topological polar surface area (TPSA) is 94.3 Å². The van der Waals surface area contributed by atoms with Crippen LogP contribution in [0.3, 0.4) is 0 Å². The molecule has 0 aliphatic carbocycles. The third kappa shape index (κ3) is 3.20. The first-order valence-corrected chi connectivity index (χ1v) is 8.18. The molecule has 1 aromatic carbocycles. The fourth-order valence-corrected chi connectivity index (χ4v) is 2.97. The lowest BCUT2D eigenvalue weighted by Crippen LogP contribution is -2.50. The second-order valence-electron chi connectivity index (χ2n) is 6.73. The number of primary amides is 1. The predicted molar refractivity (Wildman–Crippen MR) is 94.2 cm³/mol. The number of amides is 2. The summed E-state index contributed by atoms with van der Waals surface area (Å²) in [6.45, 7) is 5.57. The maximum atomic E-state index is 12.5. The Bertz CT molecular complexity index is 848. The minimum Gasteiger partial charge on any atom is -0.461 e. The Morgan fingerprint density at radius 1 is 1.32 bits per heavy atom. The number of aromatic nitrogens is 1. The maximum absolute atomic E-state index is 12.5. The number of carbonyl (C=O) groups excluding carboxylic acids is 2. The standard InChI is InChI=1S/C19H21N3O3/c1-11(2)22-18(24)19(3)10-15-14(7-8-21-17(15)25-19)12-5-4-6-13(9-12)16(20)23/h4-9,11H,10H2,1-3H3,(H2,20,23)(H,22,24). The molecular weight excluding hydrogens is 318 g/mol. The van der Waals surface area contributed by atoms with E-state index in [4.69, 9.17) is 10.5 Å². The van der Waals surface area contributed by atoms with Crippen molar-refractivity contribution >= 4 is 11.8 Å². The van der Waals surface area contributed by atoms with Gasteiger partial charge in [-0.2, -0.15) is 0 Å². The van der Waals surface area contributed by atoms with E-state index in [9.17, 15) is 9.59 Å². The second kappa shape index (κ2) is 6.20. The van der Waals surface area contributed by atoms with Gasteiger partial charge < -0.3 is 15.8 Å². The molecule has 25 heavy (non-hydrogen) atoms. The van der Waals surface area contributed by atoms with Crippen LogP contribution in [-0.2, 0) is 11.2 Å². The van der Waals surface area contributed by atoms with Crippen molar-refractivity contribution in [2.75, 3.05) is 0 Å². The van der Waals surface area contributed by atoms with E-state index in [0.29, 0.717) is 17.9 Å². The van der Waals surface area contributed by atoms with Gasteiger partial charge in [0.25, 0.3) is 5.91 Å². The summed E-state index contributed by atoms with van der Waals surface area (Å²) < 4.78 is 5.88. The zero-order valence-electron chi connectivity index (χ0n) is 14.5. The lowest BCUT2D eigenvalue weighted by Gasteiger charge is -2.23. The Balaban J connectivity index is 1.99. The van der Waals surface area contributed by atoms with Gasteiger partial charge in [0.2, 0.25) is 11.8 Å². The molecule has 6 nitrogen and oxygen atoms in total. The van der Waals surface area contributed by atoms with Gasteiger partial charge >= 0.3 is 0 Å². The zero-order chi connectivity index (χ0) is 18.2. The first-order valence-electron chi connectivity index (χ1n) is 8.18. The Labute approximate surface area is 146 Å². The van der Waals surface area contributed by atoms with Crippen molar-refractivity contribution in [3.05, 3.63) is 47.7 Å². The Morgan fingerprint density at radius 2 is 2.08 bits per heavy atom. The molecule has 3 rings (SSSR count). The first-order chi connectivity index (χ1) is 11.8. The van der Waals surface area contributed by atoms with Crippen LogP contribution in [0.2, 0.25) is 0 Å². The number of benzene rings is 1. The van der Waals surface area contributed by atoms with Gasteiger partial charge in [-0.3, -0.25) is 9.59 Å². The lowest BCUT2D eigenvalue weighted by atomic mass is 9.92. The highest BCUT2D eigenvalue weighted by atomic mass is 16.5. The minimum absolute atomic E-state index is 0.0244. The molecule has 0 spiro atoms. The molecular formula is C19H21N3O3. The van der Waals surface area contributed by atoms with E-state index < -0.39 is 11.5 Å². The van der Waals surface area contributed by atoms with Crippen LogP contribution in [0.15, 0.2) is 36.5 Å². The first kappa shape index (κ1) is 17.0. The normalized spacial score (nSPS) is 18.6. The molecule has 0 saturated carbocycles. The number of nitrogens with zero attached hydrogens (tertiary/aromatic N) is 1. The summed E-state index contributed by atoms with van der Waals surface area (Å²) in [4.78, 5) is 28.2. The van der Waals surface area contributed by atoms with Gasteiger partial charge in [0.05, 0.1) is 0 Å². The molecule has 1 aromatic heterocycles. The summed E-state index contributed by atoms with van der Waals surface area (Å²) in [7, 11) is 0. The molecule has 1 atom stereocenters. The van der Waals surface area contributed by atoms with Gasteiger partial charge in [-0.25, -0.2) is 4.98 Å². The van der Waals surface area contributed by atoms with Crippen LogP contribution in [0, 0.1) is 0 Å². The Morgan fingerprint density at radius 3 is 2.76 bits per heavy atom. The average molecular weight is 339 g/mol. The van der Waals surface area contributed by atoms with E-state index in [2.05, 4.69) is 10.3 Å². The molecule has 3 N–H and O–H groups in total. The lowest BCUT2D eigenvalue weighted by molar-refractivity contribution is -0.134. The molecule has 2 heterocycles. The average Bonchev–Trinajstić information content (AvgIpc) is 2.92. The van der Waals surface area contributed by atoms with E-state index in [0.717, 1.165) is 16.7 Å². The summed E-state index contributed by atoms with van der Waals surface area (Å²) in [6.07, 6.45) is 2.04. The zero-order valence-corrected chi connectivity index (χ0v) is 14.5. The van der Waals surface area contributed by atoms with Crippen molar-refractivity contribution in [1.82, 2.24) is 10.3 Å². The van der Waals surface area contributed by atoms with E-state index in [1.165, 1.54) is 0 Å². The number of rotatable bonds is 4. The summed E-state index contributed by atoms with van der Waals surface area (Å²) in [5.74, 6) is -0.203. The summed E-state index contributed by atoms with van der Waals surface area (Å²) in [5.41, 5.74) is 7.38. The highest BCUT2D eigenvalue weighted by Crippen LogP contribution is 2.39. The van der Waals surface area contributed by atoms with E-state index in [1.807, 2.05) is 26.0 Å². The fraction of sp³-hybridized carbons (Fsp3) is 0.316. The molecule has 2 aromatic rings. The van der Waals surface area contributed by atoms with Crippen molar-refractivity contribution in [3.63, 3.8) is 0 Å². The fourth-order valence-electron chi connectivity index (χ4n) is 2.97. The monoisotopic (exact) mass is 339 g/mol. The number of nitrogens with two attached hydrogens (primary N) is 1. The number of nitrogens with one attached hydrogen (secondary N) is 1. The molecule has 1 unspecified atom stereocenters. The predicted octanol–water partition coefficient (Wildman–Crippen LogP) is 2.07. The quantitative estimate of drug-likeness (QED) is 0.891. The smallest absolute Gasteiger partial charge is 0.264 e. The number of hydrogen-bond acceptors (Lipinski definition) is 4. The van der Waals surface area contributed by atoms with Crippen LogP contribution >= 0.6 is 0 Å². The van der Waals surface area contributed by atoms with Gasteiger partial charge in [0.1, 0.15) is 0 Å². The molecule has 0 saturated heterocycles. The maximum Gasteiger partial charge on any atom is 0.264 e. The number of hydrogen-bond donors (Lipinski definition) is 2. The van der Waals surface area contributed by atoms with Crippen LogP contribution in [0.4, 0.5) is 0 Å². The molecule has 0 bridgehead atoms. The largest absolute Gasteiger partial charge is 0.461 e. The molecule has 130 valence electrons. The van der Waals surface area contributed by atoms with Crippen LogP contribution < -0.4 is 15.8 Å². The molecule has 6 heteroatoms. The molecule has 1 aliphatic heterocycles. The minimum atomic E-state index is -1.00. The highest BCUT2D eigenvalue weighted by molar-refractivity contribution is 5.94. The van der Waals surface area contributed by atoms with Crippen molar-refractivity contribution in [1.29, 1.82) is 0 Å². The van der Waals surface area contributed by atoms with E-state index >= 15 is 0 Å². The molecule has 0 radical (unpaired) electrons. The van der Waals surface area contributed by atoms with Crippen molar-refractivity contribution in [3.8, 4) is 17.0 Å². The molecule has 1 aliphatic rings. The highest BCUT2D eigenvalue weighted by Gasteiger charge is 2.43. The number of carbonyl (C=O) groups is 2. The third-order valence-electron chi connectivity index (χ3n) is 4.21. The van der Waals surface area contributed by atoms with Gasteiger partial charge in [-0.15, -0.1) is 0 Å². The van der Waals surface area contributed by atoms with Gasteiger partial charge in [0.15, 0.2) is 5.60 Å². The van der Waals surface area contributed by atoms with Crippen molar-refractivity contribution in [2.24, 2.45) is 5.73 Å². The second-order valence-corrected chi connectivity index (χ2v) is 6.73. The van der Waals surface area contributed by atoms with Crippen LogP contribution in [0.5, 0.6) is 5.88 Å². The van der Waals surface area contributed by atoms with Crippen molar-refractivity contribution < 1.29 is 14.3 Å². The van der Waals surface area contributed by atoms with Crippen LogP contribution in [0.1, 0.15) is 36.7 Å². The van der Waals surface area contributed by atoms with E-state index in [-0.39, 0.29) is 11.9 Å². The summed E-state index contributed by atoms with van der Waals surface area (Å²) in [5, 5.41) is 2.89.